The number of unbranched alkanes of at least 4 members (excludes halogenated alkanes) is 8. The number of ether oxygens (including phenoxy) is 5. The van der Waals surface area contributed by atoms with E-state index >= 15 is 0 Å². The lowest BCUT2D eigenvalue weighted by Crippen LogP contribution is -2.61. The number of methoxy groups -OCH3 is 1. The van der Waals surface area contributed by atoms with Crippen LogP contribution in [0, 0.1) is 0 Å². The van der Waals surface area contributed by atoms with Crippen LogP contribution in [0.2, 0.25) is 0 Å². The molecule has 14 nitrogen and oxygen atoms in total. The third kappa shape index (κ3) is 11.7. The van der Waals surface area contributed by atoms with Crippen LogP contribution in [0.4, 0.5) is 0 Å². The van der Waals surface area contributed by atoms with Gasteiger partial charge in [0.2, 0.25) is 6.29 Å². The molecule has 0 saturated carbocycles. The molecule has 1 saturated heterocycles. The number of rotatable bonds is 19. The minimum Gasteiger partial charge on any atom is -0.508 e. The molecule has 5 N–H and O–H groups in total. The highest BCUT2D eigenvalue weighted by molar-refractivity contribution is 5.87. The summed E-state index contributed by atoms with van der Waals surface area (Å²) >= 11 is 0. The molecule has 1 fully saturated rings. The first-order valence-electron chi connectivity index (χ1n) is 19.2. The maximum atomic E-state index is 13.1. The fourth-order valence-corrected chi connectivity index (χ4v) is 6.45. The molecule has 0 bridgehead atoms. The second kappa shape index (κ2) is 20.6. The van der Waals surface area contributed by atoms with Crippen molar-refractivity contribution < 1.29 is 63.2 Å². The Balaban J connectivity index is 1.31. The van der Waals surface area contributed by atoms with Crippen molar-refractivity contribution in [1.29, 1.82) is 0 Å². The van der Waals surface area contributed by atoms with Gasteiger partial charge in [-0.1, -0.05) is 70.4 Å². The molecule has 0 radical (unpaired) electrons. The smallest absolute Gasteiger partial charge is 0.331 e. The molecule has 2 heterocycles. The van der Waals surface area contributed by atoms with Gasteiger partial charge in [-0.3, -0.25) is 9.59 Å². The molecule has 0 amide bonds. The lowest BCUT2D eigenvalue weighted by Gasteiger charge is -2.41. The van der Waals surface area contributed by atoms with E-state index in [-0.39, 0.29) is 46.1 Å². The first kappa shape index (κ1) is 42.6. The fraction of sp³-hybridized carbons (Fsp3) is 0.419. The summed E-state index contributed by atoms with van der Waals surface area (Å²) in [4.78, 5) is 38.7. The monoisotopic (exact) mass is 790 g/mol. The van der Waals surface area contributed by atoms with Crippen molar-refractivity contribution >= 4 is 29.0 Å². The van der Waals surface area contributed by atoms with Crippen LogP contribution >= 0.6 is 0 Å². The molecule has 3 aromatic carbocycles. The van der Waals surface area contributed by atoms with Gasteiger partial charge in [-0.2, -0.15) is 0 Å². The average Bonchev–Trinajstić information content (AvgIpc) is 3.19. The Bertz CT molecular complexity index is 2040. The largest absolute Gasteiger partial charge is 0.508 e. The number of hydrogen-bond acceptors (Lipinski definition) is 14. The van der Waals surface area contributed by atoms with Crippen LogP contribution in [-0.4, -0.2) is 81.9 Å². The number of phenolic OH excluding ortho intramolecular Hbond substituents is 3. The number of esters is 2. The number of fused-ring (bicyclic) bond motifs is 1. The van der Waals surface area contributed by atoms with Gasteiger partial charge in [0.15, 0.2) is 29.1 Å². The first-order chi connectivity index (χ1) is 27.5. The fourth-order valence-electron chi connectivity index (χ4n) is 6.45. The van der Waals surface area contributed by atoms with Crippen molar-refractivity contribution in [2.45, 2.75) is 102 Å². The van der Waals surface area contributed by atoms with Crippen molar-refractivity contribution in [2.75, 3.05) is 13.7 Å². The Kier molecular flexibility index (Phi) is 15.3. The zero-order valence-electron chi connectivity index (χ0n) is 32.0. The Morgan fingerprint density at radius 1 is 0.825 bits per heavy atom. The molecule has 4 aromatic rings. The van der Waals surface area contributed by atoms with E-state index in [0.29, 0.717) is 17.5 Å². The topological polar surface area (TPSA) is 212 Å². The summed E-state index contributed by atoms with van der Waals surface area (Å²) in [6.45, 7) is 1.72. The van der Waals surface area contributed by atoms with E-state index in [1.807, 2.05) is 0 Å². The zero-order valence-corrected chi connectivity index (χ0v) is 32.0. The number of carbonyl (C=O) groups excluding carboxylic acids is 2. The van der Waals surface area contributed by atoms with Gasteiger partial charge >= 0.3 is 11.9 Å². The number of aliphatic hydroxyl groups excluding tert-OH is 2. The maximum Gasteiger partial charge on any atom is 0.331 e. The van der Waals surface area contributed by atoms with Crippen LogP contribution in [0.3, 0.4) is 0 Å². The number of phenols is 3. The molecule has 0 unspecified atom stereocenters. The van der Waals surface area contributed by atoms with Crippen LogP contribution in [0.1, 0.15) is 76.7 Å². The second-order valence-corrected chi connectivity index (χ2v) is 13.9. The minimum atomic E-state index is -1.81. The van der Waals surface area contributed by atoms with Gasteiger partial charge in [0, 0.05) is 36.3 Å². The Morgan fingerprint density at radius 2 is 1.53 bits per heavy atom. The van der Waals surface area contributed by atoms with Gasteiger partial charge in [-0.25, -0.2) is 4.79 Å². The highest BCUT2D eigenvalue weighted by Crippen LogP contribution is 2.36. The van der Waals surface area contributed by atoms with Gasteiger partial charge < -0.3 is 53.6 Å². The molecule has 1 aromatic heterocycles. The van der Waals surface area contributed by atoms with Gasteiger partial charge in [0.05, 0.1) is 7.11 Å². The molecule has 1 aliphatic heterocycles. The van der Waals surface area contributed by atoms with E-state index in [0.717, 1.165) is 31.4 Å². The molecule has 57 heavy (non-hydrogen) atoms. The minimum absolute atomic E-state index is 0.0365. The van der Waals surface area contributed by atoms with Crippen molar-refractivity contribution in [3.8, 4) is 40.1 Å². The van der Waals surface area contributed by atoms with Gasteiger partial charge in [-0.15, -0.1) is 0 Å². The number of aliphatic hydroxyl groups is 2. The number of carbonyl (C=O) groups is 2. The van der Waals surface area contributed by atoms with Gasteiger partial charge in [0.25, 0.3) is 0 Å². The summed E-state index contributed by atoms with van der Waals surface area (Å²) in [5.74, 6) is -1.97. The third-order valence-electron chi connectivity index (χ3n) is 9.59. The quantitative estimate of drug-likeness (QED) is 0.0390. The van der Waals surface area contributed by atoms with E-state index in [9.17, 15) is 39.9 Å². The van der Waals surface area contributed by atoms with E-state index in [1.165, 1.54) is 87.8 Å². The summed E-state index contributed by atoms with van der Waals surface area (Å²) in [6, 6.07) is 13.9. The maximum absolute atomic E-state index is 13.1. The van der Waals surface area contributed by atoms with Crippen LogP contribution in [-0.2, 0) is 23.8 Å². The summed E-state index contributed by atoms with van der Waals surface area (Å²) in [5, 5.41) is 52.8. The SMILES string of the molecule is CCCCCCCCCCCC(=O)OC[C@H]1O[C@@H](Oc2cc(O)c3c(=O)cc(-c4ccc(O)c(OC)c4)oc3c2)[C@H](O)[C@@H](OC(=O)/C=C/c2ccc(O)cc2)[C@@H]1O. The summed E-state index contributed by atoms with van der Waals surface area (Å²) < 4.78 is 33.9. The summed E-state index contributed by atoms with van der Waals surface area (Å²) in [6.07, 6.45) is 4.21. The average molecular weight is 791 g/mol. The molecule has 306 valence electrons. The summed E-state index contributed by atoms with van der Waals surface area (Å²) in [5.41, 5.74) is 0.255. The van der Waals surface area contributed by atoms with Crippen molar-refractivity contribution in [3.05, 3.63) is 82.5 Å². The van der Waals surface area contributed by atoms with Crippen LogP contribution in [0.25, 0.3) is 28.4 Å². The predicted molar refractivity (Wildman–Crippen MR) is 209 cm³/mol. The molecule has 1 aliphatic rings. The van der Waals surface area contributed by atoms with Crippen molar-refractivity contribution in [2.24, 2.45) is 0 Å². The second-order valence-electron chi connectivity index (χ2n) is 13.9. The van der Waals surface area contributed by atoms with E-state index in [4.69, 9.17) is 28.1 Å². The predicted octanol–water partition coefficient (Wildman–Crippen LogP) is 6.50. The van der Waals surface area contributed by atoms with Crippen molar-refractivity contribution in [1.82, 2.24) is 0 Å². The molecule has 5 rings (SSSR count). The Morgan fingerprint density at radius 3 is 2.23 bits per heavy atom. The molecule has 5 atom stereocenters. The lowest BCUT2D eigenvalue weighted by atomic mass is 9.99. The van der Waals surface area contributed by atoms with Crippen LogP contribution < -0.4 is 14.9 Å². The Hall–Kier alpha value is -5.57. The van der Waals surface area contributed by atoms with Crippen molar-refractivity contribution in [3.63, 3.8) is 0 Å². The van der Waals surface area contributed by atoms with Crippen LogP contribution in [0.15, 0.2) is 76.0 Å². The molecular formula is C43H50O14. The van der Waals surface area contributed by atoms with E-state index < -0.39 is 60.4 Å². The molecule has 0 spiro atoms. The normalized spacial score (nSPS) is 19.4. The highest BCUT2D eigenvalue weighted by Gasteiger charge is 2.48. The van der Waals surface area contributed by atoms with E-state index in [2.05, 4.69) is 6.92 Å². The van der Waals surface area contributed by atoms with Gasteiger partial charge in [-0.05, 0) is 48.4 Å². The third-order valence-corrected chi connectivity index (χ3v) is 9.59. The van der Waals surface area contributed by atoms with Crippen LogP contribution in [0.5, 0.6) is 28.7 Å². The summed E-state index contributed by atoms with van der Waals surface area (Å²) in [7, 11) is 1.37. The highest BCUT2D eigenvalue weighted by atomic mass is 16.7. The molecular weight excluding hydrogens is 740 g/mol. The number of aromatic hydroxyl groups is 3. The number of benzene rings is 3. The lowest BCUT2D eigenvalue weighted by molar-refractivity contribution is -0.281. The molecule has 0 aliphatic carbocycles. The Labute approximate surface area is 329 Å². The standard InChI is InChI=1S/C43H50O14/c1-3-4-5-6-7-8-9-10-11-12-37(48)53-25-36-40(50)42(57-38(49)20-15-26-13-17-28(44)18-14-26)41(51)43(56-36)54-29-22-31(46)39-32(47)24-33(55-35(39)23-29)27-16-19-30(45)34(21-27)52-2/h13-24,36,40-46,50-51H,3-12,25H2,1-2H3/b20-15+/t36-,40-,41-,42+,43-/m1/s1. The number of hydrogen-bond donors (Lipinski definition) is 5. The van der Waals surface area contributed by atoms with Gasteiger partial charge in [0.1, 0.15) is 52.8 Å². The first-order valence-corrected chi connectivity index (χ1v) is 19.2. The zero-order chi connectivity index (χ0) is 40.9. The van der Waals surface area contributed by atoms with E-state index in [1.54, 1.807) is 12.1 Å². The molecule has 14 heteroatoms.